The molecule has 102 valence electrons. The lowest BCUT2D eigenvalue weighted by Crippen LogP contribution is -2.40. The monoisotopic (exact) mass is 271 g/mol. The number of rotatable bonds is 3. The minimum atomic E-state index is -3.70. The van der Waals surface area contributed by atoms with Crippen LogP contribution in [0.5, 0.6) is 5.75 Å². The second-order valence-electron chi connectivity index (χ2n) is 5.74. The van der Waals surface area contributed by atoms with Crippen molar-refractivity contribution >= 4 is 10.0 Å². The molecule has 0 spiro atoms. The van der Waals surface area contributed by atoms with Crippen LogP contribution >= 0.6 is 0 Å². The molecule has 2 N–H and O–H groups in total. The minimum Gasteiger partial charge on any atom is -0.507 e. The van der Waals surface area contributed by atoms with Crippen LogP contribution in [0.3, 0.4) is 0 Å². The van der Waals surface area contributed by atoms with Crippen LogP contribution in [0.15, 0.2) is 23.1 Å². The second-order valence-corrected chi connectivity index (χ2v) is 7.39. The van der Waals surface area contributed by atoms with Crippen molar-refractivity contribution in [2.45, 2.75) is 51.0 Å². The molecule has 4 nitrogen and oxygen atoms in total. The van der Waals surface area contributed by atoms with Gasteiger partial charge in [-0.25, -0.2) is 13.1 Å². The van der Waals surface area contributed by atoms with Gasteiger partial charge in [0.1, 0.15) is 10.6 Å². The zero-order chi connectivity index (χ0) is 14.1. The third-order valence-electron chi connectivity index (χ3n) is 2.38. The maximum absolute atomic E-state index is 12.2. The molecule has 1 rings (SSSR count). The van der Waals surface area contributed by atoms with E-state index in [-0.39, 0.29) is 16.6 Å². The molecule has 1 aromatic rings. The number of nitrogens with one attached hydrogen (secondary N) is 1. The van der Waals surface area contributed by atoms with E-state index in [0.717, 1.165) is 5.56 Å². The molecule has 0 fully saturated rings. The molecule has 0 aliphatic rings. The lowest BCUT2D eigenvalue weighted by molar-refractivity contribution is 0.452. The van der Waals surface area contributed by atoms with Gasteiger partial charge >= 0.3 is 0 Å². The van der Waals surface area contributed by atoms with Crippen molar-refractivity contribution in [3.8, 4) is 5.75 Å². The lowest BCUT2D eigenvalue weighted by atomic mass is 10.0. The van der Waals surface area contributed by atoms with Gasteiger partial charge in [0.25, 0.3) is 0 Å². The Labute approximate surface area is 109 Å². The summed E-state index contributed by atoms with van der Waals surface area (Å²) < 4.78 is 26.9. The molecule has 18 heavy (non-hydrogen) atoms. The van der Waals surface area contributed by atoms with Crippen LogP contribution in [0.25, 0.3) is 0 Å². The molecule has 0 aromatic heterocycles. The first kappa shape index (κ1) is 15.0. The summed E-state index contributed by atoms with van der Waals surface area (Å²) in [6.07, 6.45) is 0. The maximum Gasteiger partial charge on any atom is 0.244 e. The van der Waals surface area contributed by atoms with Gasteiger partial charge in [-0.3, -0.25) is 0 Å². The van der Waals surface area contributed by atoms with E-state index in [2.05, 4.69) is 4.72 Å². The van der Waals surface area contributed by atoms with E-state index >= 15 is 0 Å². The molecule has 0 bridgehead atoms. The Balaban J connectivity index is 3.28. The molecule has 0 atom stereocenters. The van der Waals surface area contributed by atoms with Gasteiger partial charge in [-0.05, 0) is 44.4 Å². The van der Waals surface area contributed by atoms with E-state index < -0.39 is 15.6 Å². The Bertz CT molecular complexity index is 528. The number of sulfonamides is 1. The highest BCUT2D eigenvalue weighted by Gasteiger charge is 2.25. The van der Waals surface area contributed by atoms with Crippen molar-refractivity contribution in [3.05, 3.63) is 23.8 Å². The van der Waals surface area contributed by atoms with Crippen molar-refractivity contribution in [2.75, 3.05) is 0 Å². The normalized spacial score (nSPS) is 13.0. The standard InChI is InChI=1S/C13H21NO3S/c1-9(2)10-6-7-11(15)12(8-10)18(16,17)14-13(3,4)5/h6-9,14-15H,1-5H3. The molecule has 0 unspecified atom stereocenters. The van der Waals surface area contributed by atoms with E-state index in [1.807, 2.05) is 13.8 Å². The van der Waals surface area contributed by atoms with E-state index in [4.69, 9.17) is 0 Å². The van der Waals surface area contributed by atoms with Crippen molar-refractivity contribution in [2.24, 2.45) is 0 Å². The average Bonchev–Trinajstić information content (AvgIpc) is 2.13. The van der Waals surface area contributed by atoms with Crippen LogP contribution in [0.2, 0.25) is 0 Å². The number of phenols is 1. The van der Waals surface area contributed by atoms with Gasteiger partial charge in [0.2, 0.25) is 10.0 Å². The molecular formula is C13H21NO3S. The predicted molar refractivity (Wildman–Crippen MR) is 72.3 cm³/mol. The SMILES string of the molecule is CC(C)c1ccc(O)c(S(=O)(=O)NC(C)(C)C)c1. The van der Waals surface area contributed by atoms with Gasteiger partial charge in [0.05, 0.1) is 0 Å². The van der Waals surface area contributed by atoms with Gasteiger partial charge in [-0.1, -0.05) is 19.9 Å². The number of benzene rings is 1. The molecule has 0 aliphatic carbocycles. The third-order valence-corrected chi connectivity index (χ3v) is 4.17. The Hall–Kier alpha value is -1.07. The first-order valence-corrected chi connectivity index (χ1v) is 7.38. The fraction of sp³-hybridized carbons (Fsp3) is 0.538. The summed E-state index contributed by atoms with van der Waals surface area (Å²) >= 11 is 0. The molecular weight excluding hydrogens is 250 g/mol. The van der Waals surface area contributed by atoms with Crippen molar-refractivity contribution < 1.29 is 13.5 Å². The van der Waals surface area contributed by atoms with E-state index in [1.54, 1.807) is 26.8 Å². The fourth-order valence-electron chi connectivity index (χ4n) is 1.56. The summed E-state index contributed by atoms with van der Waals surface area (Å²) in [5.74, 6) is -0.0228. The number of phenolic OH excluding ortho intramolecular Hbond substituents is 1. The largest absolute Gasteiger partial charge is 0.507 e. The number of hydrogen-bond donors (Lipinski definition) is 2. The second kappa shape index (κ2) is 4.90. The van der Waals surface area contributed by atoms with Gasteiger partial charge < -0.3 is 5.11 Å². The van der Waals surface area contributed by atoms with Gasteiger partial charge in [0.15, 0.2) is 0 Å². The molecule has 0 radical (unpaired) electrons. The van der Waals surface area contributed by atoms with E-state index in [9.17, 15) is 13.5 Å². The minimum absolute atomic E-state index is 0.0661. The van der Waals surface area contributed by atoms with Gasteiger partial charge in [-0.2, -0.15) is 0 Å². The summed E-state index contributed by atoms with van der Waals surface area (Å²) in [6, 6.07) is 4.68. The fourth-order valence-corrected chi connectivity index (χ4v) is 3.11. The zero-order valence-electron chi connectivity index (χ0n) is 11.5. The molecule has 1 aromatic carbocycles. The highest BCUT2D eigenvalue weighted by Crippen LogP contribution is 2.27. The van der Waals surface area contributed by atoms with Crippen LogP contribution in [-0.2, 0) is 10.0 Å². The summed E-state index contributed by atoms with van der Waals surface area (Å²) in [5.41, 5.74) is 0.293. The molecule has 0 amide bonds. The summed E-state index contributed by atoms with van der Waals surface area (Å²) in [7, 11) is -3.70. The van der Waals surface area contributed by atoms with Crippen LogP contribution in [0, 0.1) is 0 Å². The molecule has 0 heterocycles. The van der Waals surface area contributed by atoms with Crippen molar-refractivity contribution in [3.63, 3.8) is 0 Å². The quantitative estimate of drug-likeness (QED) is 0.888. The molecule has 5 heteroatoms. The zero-order valence-corrected chi connectivity index (χ0v) is 12.3. The van der Waals surface area contributed by atoms with Crippen LogP contribution in [-0.4, -0.2) is 19.1 Å². The summed E-state index contributed by atoms with van der Waals surface area (Å²) in [6.45, 7) is 9.22. The predicted octanol–water partition coefficient (Wildman–Crippen LogP) is 2.59. The van der Waals surface area contributed by atoms with Crippen molar-refractivity contribution in [1.82, 2.24) is 4.72 Å². The van der Waals surface area contributed by atoms with Crippen molar-refractivity contribution in [1.29, 1.82) is 0 Å². The average molecular weight is 271 g/mol. The van der Waals surface area contributed by atoms with Crippen LogP contribution in [0.1, 0.15) is 46.1 Å². The molecule has 0 saturated carbocycles. The molecule has 0 saturated heterocycles. The number of hydrogen-bond acceptors (Lipinski definition) is 3. The first-order valence-electron chi connectivity index (χ1n) is 5.90. The van der Waals surface area contributed by atoms with Gasteiger partial charge in [0, 0.05) is 5.54 Å². The van der Waals surface area contributed by atoms with Crippen LogP contribution in [0.4, 0.5) is 0 Å². The highest BCUT2D eigenvalue weighted by atomic mass is 32.2. The molecule has 0 aliphatic heterocycles. The topological polar surface area (TPSA) is 66.4 Å². The third kappa shape index (κ3) is 3.71. The van der Waals surface area contributed by atoms with E-state index in [0.29, 0.717) is 0 Å². The lowest BCUT2D eigenvalue weighted by Gasteiger charge is -2.21. The summed E-state index contributed by atoms with van der Waals surface area (Å²) in [5, 5.41) is 9.73. The Kier molecular flexibility index (Phi) is 4.08. The van der Waals surface area contributed by atoms with Crippen LogP contribution < -0.4 is 4.72 Å². The highest BCUT2D eigenvalue weighted by molar-refractivity contribution is 7.89. The number of aromatic hydroxyl groups is 1. The first-order chi connectivity index (χ1) is 8.03. The Morgan fingerprint density at radius 1 is 1.22 bits per heavy atom. The maximum atomic E-state index is 12.2. The Morgan fingerprint density at radius 3 is 2.22 bits per heavy atom. The smallest absolute Gasteiger partial charge is 0.244 e. The Morgan fingerprint density at radius 2 is 1.78 bits per heavy atom. The van der Waals surface area contributed by atoms with Gasteiger partial charge in [-0.15, -0.1) is 0 Å². The van der Waals surface area contributed by atoms with E-state index in [1.165, 1.54) is 12.1 Å². The summed E-state index contributed by atoms with van der Waals surface area (Å²) in [4.78, 5) is -0.0661.